The fourth-order valence-electron chi connectivity index (χ4n) is 7.99. The summed E-state index contributed by atoms with van der Waals surface area (Å²) in [5, 5.41) is 0. The lowest BCUT2D eigenvalue weighted by Crippen LogP contribution is -2.12. The van der Waals surface area contributed by atoms with Crippen LogP contribution in [-0.4, -0.2) is 0 Å². The van der Waals surface area contributed by atoms with Gasteiger partial charge in [0, 0.05) is 0 Å². The number of hydrogen-bond donors (Lipinski definition) is 0. The smallest absolute Gasteiger partial charge is 0.00445 e. The van der Waals surface area contributed by atoms with Gasteiger partial charge in [0.15, 0.2) is 0 Å². The maximum Gasteiger partial charge on any atom is -0.00445 e. The summed E-state index contributed by atoms with van der Waals surface area (Å²) < 4.78 is 0. The molecule has 216 valence electrons. The second-order valence-electron chi connectivity index (χ2n) is 13.5. The van der Waals surface area contributed by atoms with Crippen molar-refractivity contribution in [2.75, 3.05) is 0 Å². The summed E-state index contributed by atoms with van der Waals surface area (Å²) in [6.07, 6.45) is 59.2. The van der Waals surface area contributed by atoms with E-state index >= 15 is 0 Å². The average Bonchev–Trinajstić information content (AvgIpc) is 3.81. The lowest BCUT2D eigenvalue weighted by atomic mass is 9.86. The molecule has 9 aliphatic carbocycles. The van der Waals surface area contributed by atoms with E-state index in [0.29, 0.717) is 0 Å². The highest BCUT2D eigenvalue weighted by molar-refractivity contribution is 5.22. The summed E-state index contributed by atoms with van der Waals surface area (Å²) in [5.41, 5.74) is 0. The third-order valence-electron chi connectivity index (χ3n) is 10.4. The first-order chi connectivity index (χ1) is 19.8. The average molecular weight is 537 g/mol. The first-order valence-corrected chi connectivity index (χ1v) is 17.2. The summed E-state index contributed by atoms with van der Waals surface area (Å²) in [7, 11) is 0. The molecule has 6 unspecified atom stereocenters. The summed E-state index contributed by atoms with van der Waals surface area (Å²) in [6, 6.07) is 0. The quantitative estimate of drug-likeness (QED) is 0.270. The molecule has 0 spiro atoms. The Hall–Kier alpha value is -2.08. The number of allylic oxidation sites excluding steroid dienone is 16. The van der Waals surface area contributed by atoms with E-state index in [0.717, 1.165) is 47.3 Å². The van der Waals surface area contributed by atoms with Crippen LogP contribution in [0, 0.1) is 47.3 Å². The molecule has 0 aromatic heterocycles. The van der Waals surface area contributed by atoms with Crippen molar-refractivity contribution in [3.8, 4) is 0 Å². The van der Waals surface area contributed by atoms with E-state index in [4.69, 9.17) is 0 Å². The first-order valence-electron chi connectivity index (χ1n) is 17.2. The highest BCUT2D eigenvalue weighted by Crippen LogP contribution is 2.52. The molecule has 0 nitrogen and oxygen atoms in total. The molecule has 0 heterocycles. The second kappa shape index (κ2) is 16.4. The van der Waals surface area contributed by atoms with Crippen molar-refractivity contribution in [1.29, 1.82) is 0 Å². The van der Waals surface area contributed by atoms with Gasteiger partial charge in [-0.05, 0) is 137 Å². The maximum atomic E-state index is 2.44. The Bertz CT molecular complexity index is 898. The summed E-state index contributed by atoms with van der Waals surface area (Å²) in [4.78, 5) is 0. The summed E-state index contributed by atoms with van der Waals surface area (Å²) in [5.74, 6) is 7.42. The van der Waals surface area contributed by atoms with Crippen LogP contribution in [0.15, 0.2) is 97.2 Å². The minimum absolute atomic E-state index is 0.810. The molecule has 0 N–H and O–H groups in total. The van der Waals surface area contributed by atoms with Crippen LogP contribution in [0.25, 0.3) is 0 Å². The van der Waals surface area contributed by atoms with E-state index in [-0.39, 0.29) is 0 Å². The molecule has 0 amide bonds. The van der Waals surface area contributed by atoms with Crippen LogP contribution in [-0.2, 0) is 0 Å². The molecule has 2 fully saturated rings. The maximum absolute atomic E-state index is 2.44. The van der Waals surface area contributed by atoms with E-state index in [1.807, 2.05) is 0 Å². The van der Waals surface area contributed by atoms with Crippen LogP contribution < -0.4 is 0 Å². The molecule has 9 rings (SSSR count). The van der Waals surface area contributed by atoms with E-state index < -0.39 is 0 Å². The van der Waals surface area contributed by atoms with Crippen molar-refractivity contribution < 1.29 is 0 Å². The van der Waals surface area contributed by atoms with Crippen molar-refractivity contribution in [2.45, 2.75) is 103 Å². The van der Waals surface area contributed by atoms with E-state index in [1.54, 1.807) is 0 Å². The van der Waals surface area contributed by atoms with Gasteiger partial charge < -0.3 is 0 Å². The Balaban J connectivity index is 0.000000102. The zero-order valence-corrected chi connectivity index (χ0v) is 25.2. The minimum atomic E-state index is 0.810. The molecule has 0 heteroatoms. The molecule has 40 heavy (non-hydrogen) atoms. The molecule has 0 aliphatic heterocycles. The Morgan fingerprint density at radius 1 is 0.375 bits per heavy atom. The van der Waals surface area contributed by atoms with Gasteiger partial charge in [-0.2, -0.15) is 0 Å². The van der Waals surface area contributed by atoms with Crippen LogP contribution in [0.2, 0.25) is 0 Å². The lowest BCUT2D eigenvalue weighted by molar-refractivity contribution is 0.398. The van der Waals surface area contributed by atoms with E-state index in [9.17, 15) is 0 Å². The molecule has 9 aliphatic rings. The van der Waals surface area contributed by atoms with Gasteiger partial charge in [-0.25, -0.2) is 0 Å². The molecule has 6 atom stereocenters. The number of hydrogen-bond acceptors (Lipinski definition) is 0. The molecular formula is C40H56. The largest absolute Gasteiger partial charge is 0.0885 e. The molecule has 0 radical (unpaired) electrons. The van der Waals surface area contributed by atoms with E-state index in [2.05, 4.69) is 97.2 Å². The SMILES string of the molecule is C1=CC2C3C=CC(C3)C2C1.C1=CC2C=CC1C2.C1=CC2CCC1C2.C1=CCC/C=C\CC1.C1=CCCCCCC1. The Labute approximate surface area is 246 Å². The van der Waals surface area contributed by atoms with Gasteiger partial charge in [0.2, 0.25) is 0 Å². The first kappa shape index (κ1) is 29.4. The van der Waals surface area contributed by atoms with Gasteiger partial charge in [0.05, 0.1) is 0 Å². The predicted molar refractivity (Wildman–Crippen MR) is 175 cm³/mol. The predicted octanol–water partition coefficient (Wildman–Crippen LogP) is 11.7. The second-order valence-corrected chi connectivity index (χ2v) is 13.5. The van der Waals surface area contributed by atoms with Gasteiger partial charge in [-0.1, -0.05) is 110 Å². The minimum Gasteiger partial charge on any atom is -0.0885 e. The van der Waals surface area contributed by atoms with Crippen LogP contribution in [0.3, 0.4) is 0 Å². The van der Waals surface area contributed by atoms with E-state index in [1.165, 1.54) is 103 Å². The summed E-state index contributed by atoms with van der Waals surface area (Å²) in [6.45, 7) is 0. The molecule has 0 aromatic carbocycles. The lowest BCUT2D eigenvalue weighted by Gasteiger charge is -2.18. The molecule has 2 saturated carbocycles. The van der Waals surface area contributed by atoms with Crippen molar-refractivity contribution in [1.82, 2.24) is 0 Å². The standard InChI is InChI=1S/C10H12.C8H14.C8H12.C7H10.C7H8/c1-2-9-7-4-5-8(6-7)10(9)3-1;2*1-2-4-6-8-7-5-3-1;2*1-2-7-4-3-6(1)5-7/h1-2,4-5,7-10H,3,6H2;1-2H,3-8H2;1-2,7-8H,3-6H2;1-2,6-7H,3-5H2;1-4,6-7H,5H2/b;;2-1-,8-7?;;. The van der Waals surface area contributed by atoms with Gasteiger partial charge >= 0.3 is 0 Å². The summed E-state index contributed by atoms with van der Waals surface area (Å²) >= 11 is 0. The van der Waals surface area contributed by atoms with Crippen LogP contribution >= 0.6 is 0 Å². The molecule has 6 bridgehead atoms. The van der Waals surface area contributed by atoms with Crippen LogP contribution in [0.1, 0.15) is 103 Å². The number of rotatable bonds is 0. The molecule has 0 saturated heterocycles. The van der Waals surface area contributed by atoms with Crippen molar-refractivity contribution in [3.05, 3.63) is 97.2 Å². The Morgan fingerprint density at radius 3 is 1.32 bits per heavy atom. The third kappa shape index (κ3) is 9.22. The zero-order chi connectivity index (χ0) is 27.2. The van der Waals surface area contributed by atoms with Gasteiger partial charge in [0.25, 0.3) is 0 Å². The molecular weight excluding hydrogens is 480 g/mol. The van der Waals surface area contributed by atoms with Crippen molar-refractivity contribution in [2.24, 2.45) is 47.3 Å². The van der Waals surface area contributed by atoms with Gasteiger partial charge in [0.1, 0.15) is 0 Å². The van der Waals surface area contributed by atoms with Gasteiger partial charge in [-0.3, -0.25) is 0 Å². The Kier molecular flexibility index (Phi) is 12.0. The monoisotopic (exact) mass is 536 g/mol. The zero-order valence-electron chi connectivity index (χ0n) is 25.2. The Morgan fingerprint density at radius 2 is 0.900 bits per heavy atom. The fourth-order valence-corrected chi connectivity index (χ4v) is 7.99. The number of fused-ring (bicyclic) bond motifs is 9. The highest BCUT2D eigenvalue weighted by Gasteiger charge is 2.44. The fraction of sp³-hybridized carbons (Fsp3) is 0.600. The molecule has 0 aromatic rings. The van der Waals surface area contributed by atoms with Crippen molar-refractivity contribution >= 4 is 0 Å². The van der Waals surface area contributed by atoms with Crippen LogP contribution in [0.5, 0.6) is 0 Å². The topological polar surface area (TPSA) is 0 Å². The van der Waals surface area contributed by atoms with Gasteiger partial charge in [-0.15, -0.1) is 0 Å². The van der Waals surface area contributed by atoms with Crippen LogP contribution in [0.4, 0.5) is 0 Å². The third-order valence-corrected chi connectivity index (χ3v) is 10.4. The normalized spacial score (nSPS) is 38.4. The van der Waals surface area contributed by atoms with Crippen molar-refractivity contribution in [3.63, 3.8) is 0 Å². The highest BCUT2D eigenvalue weighted by atomic mass is 14.5.